The summed E-state index contributed by atoms with van der Waals surface area (Å²) in [5.74, 6) is -2.92. The van der Waals surface area contributed by atoms with Crippen molar-refractivity contribution in [3.8, 4) is 0 Å². The molecule has 1 unspecified atom stereocenters. The topological polar surface area (TPSA) is 74.7 Å². The molecule has 0 aliphatic carbocycles. The lowest BCUT2D eigenvalue weighted by Crippen LogP contribution is -2.50. The third-order valence-electron chi connectivity index (χ3n) is 2.60. The zero-order chi connectivity index (χ0) is 11.4. The zero-order valence-electron chi connectivity index (χ0n) is 8.73. The number of carbonyl (C=O) groups is 3. The van der Waals surface area contributed by atoms with Gasteiger partial charge < -0.3 is 5.11 Å². The lowest BCUT2D eigenvalue weighted by molar-refractivity contribution is -0.153. The Hall–Kier alpha value is -1.23. The first-order valence-electron chi connectivity index (χ1n) is 5.05. The van der Waals surface area contributed by atoms with E-state index in [-0.39, 0.29) is 5.78 Å². The molecular formula is C10H15NO4. The minimum absolute atomic E-state index is 0.385. The summed E-state index contributed by atoms with van der Waals surface area (Å²) in [5, 5.41) is 8.60. The van der Waals surface area contributed by atoms with Crippen LogP contribution in [0.3, 0.4) is 0 Å². The molecule has 0 bridgehead atoms. The molecule has 1 heterocycles. The molecule has 1 aliphatic heterocycles. The van der Waals surface area contributed by atoms with Crippen LogP contribution in [0.5, 0.6) is 0 Å². The molecule has 5 nitrogen and oxygen atoms in total. The number of carboxylic acids is 1. The number of ketones is 2. The van der Waals surface area contributed by atoms with Gasteiger partial charge in [-0.05, 0) is 32.9 Å². The largest absolute Gasteiger partial charge is 0.475 e. The fraction of sp³-hybridized carbons (Fsp3) is 0.700. The van der Waals surface area contributed by atoms with E-state index in [1.165, 1.54) is 6.92 Å². The summed E-state index contributed by atoms with van der Waals surface area (Å²) in [6.07, 6.45) is 2.90. The fourth-order valence-electron chi connectivity index (χ4n) is 1.90. The van der Waals surface area contributed by atoms with Crippen molar-refractivity contribution in [1.29, 1.82) is 0 Å². The summed E-state index contributed by atoms with van der Waals surface area (Å²) in [6.45, 7) is 2.52. The highest BCUT2D eigenvalue weighted by molar-refractivity contribution is 6.39. The Morgan fingerprint density at radius 3 is 2.07 bits per heavy atom. The highest BCUT2D eigenvalue weighted by Crippen LogP contribution is 2.13. The van der Waals surface area contributed by atoms with E-state index >= 15 is 0 Å². The van der Waals surface area contributed by atoms with Crippen LogP contribution < -0.4 is 0 Å². The second-order valence-electron chi connectivity index (χ2n) is 3.78. The molecular weight excluding hydrogens is 198 g/mol. The maximum Gasteiger partial charge on any atom is 0.374 e. The molecule has 1 N–H and O–H groups in total. The number of nitrogens with zero attached hydrogens (tertiary/aromatic N) is 1. The maximum absolute atomic E-state index is 11.3. The fourth-order valence-corrected chi connectivity index (χ4v) is 1.90. The number of likely N-dealkylation sites (tertiary alicyclic amines) is 1. The Bertz CT molecular complexity index is 281. The van der Waals surface area contributed by atoms with Gasteiger partial charge in [0, 0.05) is 0 Å². The predicted molar refractivity (Wildman–Crippen MR) is 52.5 cm³/mol. The van der Waals surface area contributed by atoms with Crippen molar-refractivity contribution < 1.29 is 19.5 Å². The van der Waals surface area contributed by atoms with Crippen LogP contribution in [0.1, 0.15) is 26.2 Å². The number of carboxylic acid groups (broad SMARTS) is 1. The molecule has 0 aromatic carbocycles. The number of hydrogen-bond donors (Lipinski definition) is 1. The number of carbonyl (C=O) groups excluding carboxylic acids is 2. The van der Waals surface area contributed by atoms with E-state index in [0.29, 0.717) is 13.1 Å². The summed E-state index contributed by atoms with van der Waals surface area (Å²) in [6, 6.07) is -1.08. The van der Waals surface area contributed by atoms with E-state index in [1.54, 1.807) is 4.90 Å². The predicted octanol–water partition coefficient (Wildman–Crippen LogP) is 0.0836. The molecule has 84 valence electrons. The van der Waals surface area contributed by atoms with Gasteiger partial charge in [-0.15, -0.1) is 0 Å². The first kappa shape index (κ1) is 11.8. The molecule has 15 heavy (non-hydrogen) atoms. The summed E-state index contributed by atoms with van der Waals surface area (Å²) in [5.41, 5.74) is 0. The second kappa shape index (κ2) is 5.02. The Morgan fingerprint density at radius 1 is 1.13 bits per heavy atom. The average molecular weight is 213 g/mol. The van der Waals surface area contributed by atoms with Crippen LogP contribution in [0.2, 0.25) is 0 Å². The molecule has 0 saturated carbocycles. The lowest BCUT2D eigenvalue weighted by atomic mass is 10.0. The van der Waals surface area contributed by atoms with Crippen molar-refractivity contribution in [2.24, 2.45) is 0 Å². The summed E-state index contributed by atoms with van der Waals surface area (Å²) in [4.78, 5) is 34.8. The Labute approximate surface area is 88.1 Å². The van der Waals surface area contributed by atoms with Gasteiger partial charge in [0.2, 0.25) is 0 Å². The minimum atomic E-state index is -1.53. The highest BCUT2D eigenvalue weighted by Gasteiger charge is 2.34. The molecule has 1 saturated heterocycles. The molecule has 1 aliphatic rings. The van der Waals surface area contributed by atoms with Crippen LogP contribution in [0.4, 0.5) is 0 Å². The number of rotatable bonds is 4. The maximum atomic E-state index is 11.3. The summed E-state index contributed by atoms with van der Waals surface area (Å²) in [7, 11) is 0. The van der Waals surface area contributed by atoms with Gasteiger partial charge in [0.25, 0.3) is 5.78 Å². The molecule has 5 heteroatoms. The quantitative estimate of drug-likeness (QED) is 0.529. The van der Waals surface area contributed by atoms with Crippen molar-refractivity contribution in [1.82, 2.24) is 4.90 Å². The summed E-state index contributed by atoms with van der Waals surface area (Å²) >= 11 is 0. The van der Waals surface area contributed by atoms with Crippen LogP contribution in [0.25, 0.3) is 0 Å². The smallest absolute Gasteiger partial charge is 0.374 e. The normalized spacial score (nSPS) is 19.5. The minimum Gasteiger partial charge on any atom is -0.475 e. The second-order valence-corrected chi connectivity index (χ2v) is 3.78. The van der Waals surface area contributed by atoms with E-state index in [4.69, 9.17) is 5.11 Å². The number of aliphatic carboxylic acids is 1. The van der Waals surface area contributed by atoms with E-state index in [0.717, 1.165) is 19.3 Å². The van der Waals surface area contributed by atoms with Crippen molar-refractivity contribution in [2.75, 3.05) is 13.1 Å². The van der Waals surface area contributed by atoms with E-state index in [9.17, 15) is 14.4 Å². The van der Waals surface area contributed by atoms with Gasteiger partial charge in [-0.2, -0.15) is 0 Å². The first-order chi connectivity index (χ1) is 7.04. The third kappa shape index (κ3) is 2.86. The van der Waals surface area contributed by atoms with E-state index < -0.39 is 17.8 Å². The molecule has 0 spiro atoms. The third-order valence-corrected chi connectivity index (χ3v) is 2.60. The molecule has 0 aromatic heterocycles. The van der Waals surface area contributed by atoms with Crippen molar-refractivity contribution in [3.63, 3.8) is 0 Å². The van der Waals surface area contributed by atoms with Crippen molar-refractivity contribution in [2.45, 2.75) is 32.2 Å². The van der Waals surface area contributed by atoms with Gasteiger partial charge in [0.1, 0.15) is 6.04 Å². The van der Waals surface area contributed by atoms with E-state index in [1.807, 2.05) is 0 Å². The molecule has 1 fully saturated rings. The van der Waals surface area contributed by atoms with Crippen LogP contribution in [0.15, 0.2) is 0 Å². The first-order valence-corrected chi connectivity index (χ1v) is 5.05. The number of Topliss-reactive ketones (excluding diaryl/α,β-unsaturated/α-hetero) is 2. The average Bonchev–Trinajstić information content (AvgIpc) is 2.18. The van der Waals surface area contributed by atoms with Gasteiger partial charge in [-0.3, -0.25) is 14.5 Å². The molecule has 1 atom stereocenters. The van der Waals surface area contributed by atoms with Gasteiger partial charge in [-0.1, -0.05) is 6.42 Å². The SMILES string of the molecule is CC(=O)C(C(=O)C(=O)O)N1CCCCC1. The van der Waals surface area contributed by atoms with Gasteiger partial charge in [0.05, 0.1) is 0 Å². The van der Waals surface area contributed by atoms with Gasteiger partial charge in [0.15, 0.2) is 5.78 Å². The molecule has 1 rings (SSSR count). The molecule has 0 amide bonds. The van der Waals surface area contributed by atoms with Crippen LogP contribution in [-0.2, 0) is 14.4 Å². The highest BCUT2D eigenvalue weighted by atomic mass is 16.4. The Morgan fingerprint density at radius 2 is 1.67 bits per heavy atom. The van der Waals surface area contributed by atoms with Crippen molar-refractivity contribution in [3.05, 3.63) is 0 Å². The lowest BCUT2D eigenvalue weighted by Gasteiger charge is -2.31. The monoisotopic (exact) mass is 213 g/mol. The van der Waals surface area contributed by atoms with Crippen LogP contribution in [0, 0.1) is 0 Å². The van der Waals surface area contributed by atoms with Crippen LogP contribution >= 0.6 is 0 Å². The van der Waals surface area contributed by atoms with Crippen LogP contribution in [-0.4, -0.2) is 46.7 Å². The molecule has 0 aromatic rings. The van der Waals surface area contributed by atoms with Gasteiger partial charge in [-0.25, -0.2) is 4.79 Å². The van der Waals surface area contributed by atoms with Crippen molar-refractivity contribution >= 4 is 17.5 Å². The Kier molecular flexibility index (Phi) is 3.96. The van der Waals surface area contributed by atoms with Gasteiger partial charge >= 0.3 is 5.97 Å². The van der Waals surface area contributed by atoms with E-state index in [2.05, 4.69) is 0 Å². The number of piperidine rings is 1. The molecule has 0 radical (unpaired) electrons. The Balaban J connectivity index is 2.76. The zero-order valence-corrected chi connectivity index (χ0v) is 8.73. The standard InChI is InChI=1S/C10H15NO4/c1-7(12)8(9(13)10(14)15)11-5-3-2-4-6-11/h8H,2-6H2,1H3,(H,14,15). The summed E-state index contributed by atoms with van der Waals surface area (Å²) < 4.78 is 0. The number of hydrogen-bond acceptors (Lipinski definition) is 4.